The van der Waals surface area contributed by atoms with E-state index in [9.17, 15) is 14.9 Å². The van der Waals surface area contributed by atoms with Gasteiger partial charge in [0.2, 0.25) is 0 Å². The highest BCUT2D eigenvalue weighted by Gasteiger charge is 2.27. The number of carbonyl (C=O) groups excluding carboxylic acids is 2. The number of pyridine rings is 1. The van der Waals surface area contributed by atoms with Gasteiger partial charge in [0.1, 0.15) is 11.7 Å². The van der Waals surface area contributed by atoms with Crippen molar-refractivity contribution in [1.82, 2.24) is 29.4 Å². The monoisotopic (exact) mass is 462 g/mol. The summed E-state index contributed by atoms with van der Waals surface area (Å²) in [5.41, 5.74) is 1.35. The Balaban J connectivity index is 1.44. The van der Waals surface area contributed by atoms with Crippen molar-refractivity contribution in [1.29, 1.82) is 5.26 Å². The topological polar surface area (TPSA) is 131 Å². The zero-order valence-electron chi connectivity index (χ0n) is 19.4. The normalized spacial score (nSPS) is 13.2. The summed E-state index contributed by atoms with van der Waals surface area (Å²) in [6.07, 6.45) is 5.36. The zero-order valence-corrected chi connectivity index (χ0v) is 19.4. The van der Waals surface area contributed by atoms with E-state index in [0.29, 0.717) is 32.6 Å². The molecule has 11 nitrogen and oxygen atoms in total. The summed E-state index contributed by atoms with van der Waals surface area (Å²) in [6.45, 7) is 7.36. The van der Waals surface area contributed by atoms with E-state index in [0.717, 1.165) is 11.3 Å². The third-order valence-electron chi connectivity index (χ3n) is 5.17. The summed E-state index contributed by atoms with van der Waals surface area (Å²) in [4.78, 5) is 31.3. The largest absolute Gasteiger partial charge is 0.444 e. The van der Waals surface area contributed by atoms with Gasteiger partial charge in [-0.15, -0.1) is 0 Å². The van der Waals surface area contributed by atoms with Gasteiger partial charge in [-0.05, 0) is 44.5 Å². The lowest BCUT2D eigenvalue weighted by molar-refractivity contribution is 0.0223. The molecule has 0 aliphatic carbocycles. The van der Waals surface area contributed by atoms with Gasteiger partial charge in [0, 0.05) is 37.3 Å². The van der Waals surface area contributed by atoms with Gasteiger partial charge in [-0.25, -0.2) is 9.78 Å². The number of nitriles is 1. The van der Waals surface area contributed by atoms with Crippen molar-refractivity contribution in [3.63, 3.8) is 0 Å². The Hall–Kier alpha value is -4.20. The minimum Gasteiger partial charge on any atom is -0.444 e. The van der Waals surface area contributed by atoms with Crippen LogP contribution in [0, 0.1) is 11.3 Å². The molecule has 1 aliphatic heterocycles. The fraction of sp³-hybridized carbons (Fsp3) is 0.391. The van der Waals surface area contributed by atoms with E-state index < -0.39 is 17.6 Å². The van der Waals surface area contributed by atoms with Gasteiger partial charge < -0.3 is 15.0 Å². The van der Waals surface area contributed by atoms with Crippen LogP contribution in [-0.2, 0) is 30.8 Å². The number of anilines is 1. The molecule has 3 aromatic rings. The third-order valence-corrected chi connectivity index (χ3v) is 5.17. The molecular formula is C23H26N8O3. The number of hydrogen-bond donors (Lipinski definition) is 1. The van der Waals surface area contributed by atoms with Crippen LogP contribution < -0.4 is 5.32 Å². The first-order chi connectivity index (χ1) is 16.2. The number of fused-ring (bicyclic) bond motifs is 1. The summed E-state index contributed by atoms with van der Waals surface area (Å²) in [5, 5.41) is 20.8. The van der Waals surface area contributed by atoms with Crippen LogP contribution in [0.4, 0.5) is 10.6 Å². The summed E-state index contributed by atoms with van der Waals surface area (Å²) >= 11 is 0. The van der Waals surface area contributed by atoms with Crippen LogP contribution in [0.3, 0.4) is 0 Å². The molecule has 1 N–H and O–H groups in total. The Morgan fingerprint density at radius 3 is 2.74 bits per heavy atom. The average molecular weight is 463 g/mol. The Labute approximate surface area is 196 Å². The lowest BCUT2D eigenvalue weighted by Gasteiger charge is -2.31. The number of carbonyl (C=O) groups is 2. The van der Waals surface area contributed by atoms with Crippen LogP contribution in [0.2, 0.25) is 0 Å². The summed E-state index contributed by atoms with van der Waals surface area (Å²) in [7, 11) is 0. The van der Waals surface area contributed by atoms with Gasteiger partial charge in [0.15, 0.2) is 11.5 Å². The number of amides is 2. The van der Waals surface area contributed by atoms with E-state index >= 15 is 0 Å². The molecule has 34 heavy (non-hydrogen) atoms. The second-order valence-corrected chi connectivity index (χ2v) is 8.94. The first kappa shape index (κ1) is 23.0. The van der Waals surface area contributed by atoms with Gasteiger partial charge in [-0.2, -0.15) is 15.5 Å². The Kier molecular flexibility index (Phi) is 6.32. The highest BCUT2D eigenvalue weighted by Crippen LogP contribution is 2.24. The highest BCUT2D eigenvalue weighted by atomic mass is 16.6. The zero-order chi connectivity index (χ0) is 24.3. The quantitative estimate of drug-likeness (QED) is 0.616. The van der Waals surface area contributed by atoms with Crippen molar-refractivity contribution >= 4 is 17.8 Å². The second kappa shape index (κ2) is 9.35. The molecule has 0 radical (unpaired) electrons. The van der Waals surface area contributed by atoms with Crippen molar-refractivity contribution < 1.29 is 14.3 Å². The first-order valence-corrected chi connectivity index (χ1v) is 10.9. The molecule has 4 heterocycles. The van der Waals surface area contributed by atoms with Crippen molar-refractivity contribution in [2.45, 2.75) is 52.4 Å². The minimum absolute atomic E-state index is 0.183. The van der Waals surface area contributed by atoms with E-state index in [1.165, 1.54) is 0 Å². The molecule has 1 aliphatic rings. The van der Waals surface area contributed by atoms with E-state index in [-0.39, 0.29) is 17.1 Å². The molecule has 0 bridgehead atoms. The first-order valence-electron chi connectivity index (χ1n) is 10.9. The number of rotatable bonds is 5. The predicted molar refractivity (Wildman–Crippen MR) is 122 cm³/mol. The Morgan fingerprint density at radius 1 is 1.24 bits per heavy atom. The fourth-order valence-corrected chi connectivity index (χ4v) is 3.55. The summed E-state index contributed by atoms with van der Waals surface area (Å²) in [5.74, 6) is -0.268. The standard InChI is InChI=1S/C23H26N8O3/c1-23(2,3)34-22(33)29-9-5-18-17(15-29)13-16(14-24)20(26-18)27-21(32)19-6-10-31(28-19)12-11-30-8-4-7-25-30/h4,6-8,10,13H,5,9,11-12,15H2,1-3H3,(H,26,27,32). The maximum atomic E-state index is 12.7. The lowest BCUT2D eigenvalue weighted by atomic mass is 10.0. The number of nitrogens with zero attached hydrogens (tertiary/aromatic N) is 7. The van der Waals surface area contributed by atoms with Crippen LogP contribution in [0.25, 0.3) is 0 Å². The Bertz CT molecular complexity index is 1230. The number of hydrogen-bond acceptors (Lipinski definition) is 7. The average Bonchev–Trinajstić information content (AvgIpc) is 3.47. The van der Waals surface area contributed by atoms with Crippen molar-refractivity contribution in [3.05, 3.63) is 59.3 Å². The van der Waals surface area contributed by atoms with E-state index in [1.54, 1.807) is 38.8 Å². The molecule has 11 heteroatoms. The summed E-state index contributed by atoms with van der Waals surface area (Å²) in [6, 6.07) is 7.20. The van der Waals surface area contributed by atoms with Gasteiger partial charge in [0.05, 0.1) is 25.2 Å². The second-order valence-electron chi connectivity index (χ2n) is 8.94. The summed E-state index contributed by atoms with van der Waals surface area (Å²) < 4.78 is 8.88. The molecule has 0 unspecified atom stereocenters. The van der Waals surface area contributed by atoms with E-state index in [1.807, 2.05) is 33.0 Å². The molecule has 0 spiro atoms. The third kappa shape index (κ3) is 5.40. The van der Waals surface area contributed by atoms with Gasteiger partial charge in [0.25, 0.3) is 5.91 Å². The smallest absolute Gasteiger partial charge is 0.410 e. The molecule has 3 aromatic heterocycles. The van der Waals surface area contributed by atoms with Crippen LogP contribution in [0.15, 0.2) is 36.8 Å². The van der Waals surface area contributed by atoms with E-state index in [2.05, 4.69) is 26.6 Å². The molecule has 0 aromatic carbocycles. The van der Waals surface area contributed by atoms with Gasteiger partial charge in [-0.1, -0.05) is 0 Å². The van der Waals surface area contributed by atoms with Crippen LogP contribution in [0.5, 0.6) is 0 Å². The molecule has 0 atom stereocenters. The van der Waals surface area contributed by atoms with Crippen LogP contribution in [-0.4, -0.2) is 53.6 Å². The van der Waals surface area contributed by atoms with Crippen LogP contribution in [0.1, 0.15) is 48.1 Å². The maximum absolute atomic E-state index is 12.7. The SMILES string of the molecule is CC(C)(C)OC(=O)N1CCc2nc(NC(=O)c3ccn(CCn4cccn4)n3)c(C#N)cc2C1. The molecule has 176 valence electrons. The molecule has 0 saturated heterocycles. The predicted octanol–water partition coefficient (Wildman–Crippen LogP) is 2.59. The van der Waals surface area contributed by atoms with Gasteiger partial charge in [-0.3, -0.25) is 14.2 Å². The van der Waals surface area contributed by atoms with E-state index in [4.69, 9.17) is 4.74 Å². The van der Waals surface area contributed by atoms with Crippen molar-refractivity contribution in [2.75, 3.05) is 11.9 Å². The molecule has 0 fully saturated rings. The number of aromatic nitrogens is 5. The van der Waals surface area contributed by atoms with Crippen LogP contribution >= 0.6 is 0 Å². The lowest BCUT2D eigenvalue weighted by Crippen LogP contribution is -2.40. The molecular weight excluding hydrogens is 436 g/mol. The number of nitrogens with one attached hydrogen (secondary N) is 1. The highest BCUT2D eigenvalue weighted by molar-refractivity contribution is 6.02. The van der Waals surface area contributed by atoms with Crippen molar-refractivity contribution in [3.8, 4) is 6.07 Å². The van der Waals surface area contributed by atoms with Gasteiger partial charge >= 0.3 is 6.09 Å². The van der Waals surface area contributed by atoms with Crippen molar-refractivity contribution in [2.24, 2.45) is 0 Å². The fourth-order valence-electron chi connectivity index (χ4n) is 3.55. The number of ether oxygens (including phenoxy) is 1. The minimum atomic E-state index is -0.590. The number of aryl methyl sites for hydroxylation is 2. The molecule has 4 rings (SSSR count). The Morgan fingerprint density at radius 2 is 2.03 bits per heavy atom. The maximum Gasteiger partial charge on any atom is 0.410 e. The molecule has 2 amide bonds. The molecule has 0 saturated carbocycles.